The molecule has 0 aliphatic carbocycles. The molecular formula is C21H19ClN2O6. The lowest BCUT2D eigenvalue weighted by Crippen LogP contribution is -2.54. The normalized spacial score (nSPS) is 25.5. The number of aliphatic hydroxyl groups excluding tert-OH is 1. The van der Waals surface area contributed by atoms with Crippen LogP contribution < -0.4 is 5.32 Å². The average Bonchev–Trinajstić information content (AvgIpc) is 3.16. The van der Waals surface area contributed by atoms with Gasteiger partial charge in [-0.3, -0.25) is 19.3 Å². The SMILES string of the molecule is O=C(NC[C@]1(O)CO[C@H](CN2C(=O)c3ccccc3C2=O)[C@H]1O)c1ccccc1Cl. The van der Waals surface area contributed by atoms with E-state index in [4.69, 9.17) is 16.3 Å². The number of hydrogen-bond donors (Lipinski definition) is 3. The van der Waals surface area contributed by atoms with Crippen LogP contribution in [0.1, 0.15) is 31.1 Å². The zero-order valence-corrected chi connectivity index (χ0v) is 16.5. The van der Waals surface area contributed by atoms with Crippen molar-refractivity contribution in [3.8, 4) is 0 Å². The van der Waals surface area contributed by atoms with Gasteiger partial charge in [-0.05, 0) is 24.3 Å². The van der Waals surface area contributed by atoms with Crippen molar-refractivity contribution in [2.24, 2.45) is 0 Å². The molecule has 0 spiro atoms. The van der Waals surface area contributed by atoms with Crippen molar-refractivity contribution in [1.29, 1.82) is 0 Å². The first-order chi connectivity index (χ1) is 14.3. The molecule has 30 heavy (non-hydrogen) atoms. The second-order valence-corrected chi connectivity index (χ2v) is 7.73. The number of amides is 3. The van der Waals surface area contributed by atoms with Crippen molar-refractivity contribution in [2.75, 3.05) is 19.7 Å². The van der Waals surface area contributed by atoms with E-state index < -0.39 is 35.5 Å². The van der Waals surface area contributed by atoms with Crippen molar-refractivity contribution >= 4 is 29.3 Å². The van der Waals surface area contributed by atoms with E-state index in [9.17, 15) is 24.6 Å². The number of benzene rings is 2. The molecule has 2 aliphatic heterocycles. The van der Waals surface area contributed by atoms with Crippen LogP contribution in [0, 0.1) is 0 Å². The third kappa shape index (κ3) is 3.48. The van der Waals surface area contributed by atoms with Crippen LogP contribution in [0.5, 0.6) is 0 Å². The second-order valence-electron chi connectivity index (χ2n) is 7.33. The van der Waals surface area contributed by atoms with Gasteiger partial charge in [0.25, 0.3) is 17.7 Å². The standard InChI is InChI=1S/C21H19ClN2O6/c22-15-8-4-3-7-14(15)18(26)23-10-21(29)11-30-16(17(21)25)9-24-19(27)12-5-1-2-6-13(12)20(24)28/h1-8,16-17,25,29H,9-11H2,(H,23,26)/t16-,17-,21+/m1/s1. The summed E-state index contributed by atoms with van der Waals surface area (Å²) in [6.45, 7) is -0.782. The molecular weight excluding hydrogens is 412 g/mol. The van der Waals surface area contributed by atoms with E-state index >= 15 is 0 Å². The van der Waals surface area contributed by atoms with Crippen molar-refractivity contribution in [3.05, 3.63) is 70.2 Å². The van der Waals surface area contributed by atoms with Gasteiger partial charge in [-0.15, -0.1) is 0 Å². The van der Waals surface area contributed by atoms with Crippen LogP contribution in [-0.4, -0.2) is 70.3 Å². The van der Waals surface area contributed by atoms with Gasteiger partial charge in [0.1, 0.15) is 17.8 Å². The van der Waals surface area contributed by atoms with Crippen molar-refractivity contribution in [3.63, 3.8) is 0 Å². The quantitative estimate of drug-likeness (QED) is 0.606. The number of fused-ring (bicyclic) bond motifs is 1. The summed E-state index contributed by atoms with van der Waals surface area (Å²) in [6, 6.07) is 12.9. The number of halogens is 1. The van der Waals surface area contributed by atoms with Gasteiger partial charge in [0, 0.05) is 0 Å². The topological polar surface area (TPSA) is 116 Å². The van der Waals surface area contributed by atoms with Gasteiger partial charge in [-0.25, -0.2) is 0 Å². The Morgan fingerprint density at radius 2 is 1.73 bits per heavy atom. The van der Waals surface area contributed by atoms with Crippen LogP contribution in [0.3, 0.4) is 0 Å². The molecule has 9 heteroatoms. The number of rotatable bonds is 5. The number of hydrogen-bond acceptors (Lipinski definition) is 6. The zero-order valence-electron chi connectivity index (χ0n) is 15.7. The van der Waals surface area contributed by atoms with Crippen LogP contribution in [0.2, 0.25) is 5.02 Å². The molecule has 2 heterocycles. The number of carbonyl (C=O) groups excluding carboxylic acids is 3. The highest BCUT2D eigenvalue weighted by Crippen LogP contribution is 2.29. The number of nitrogens with zero attached hydrogens (tertiary/aromatic N) is 1. The fourth-order valence-electron chi connectivity index (χ4n) is 3.64. The van der Waals surface area contributed by atoms with E-state index in [-0.39, 0.29) is 41.4 Å². The predicted molar refractivity (Wildman–Crippen MR) is 106 cm³/mol. The molecule has 3 N–H and O–H groups in total. The fourth-order valence-corrected chi connectivity index (χ4v) is 3.86. The molecule has 8 nitrogen and oxygen atoms in total. The molecule has 3 amide bonds. The molecule has 1 saturated heterocycles. The summed E-state index contributed by atoms with van der Waals surface area (Å²) in [7, 11) is 0. The van der Waals surface area contributed by atoms with Crippen molar-refractivity contribution in [2.45, 2.75) is 17.8 Å². The third-order valence-corrected chi connectivity index (χ3v) is 5.69. The maximum atomic E-state index is 12.5. The molecule has 3 atom stereocenters. The van der Waals surface area contributed by atoms with E-state index in [2.05, 4.69) is 5.32 Å². The fraction of sp³-hybridized carbons (Fsp3) is 0.286. The molecule has 2 aromatic rings. The van der Waals surface area contributed by atoms with Gasteiger partial charge in [-0.1, -0.05) is 35.9 Å². The highest BCUT2D eigenvalue weighted by molar-refractivity contribution is 6.33. The second kappa shape index (κ2) is 7.81. The molecule has 0 bridgehead atoms. The first-order valence-electron chi connectivity index (χ1n) is 9.32. The van der Waals surface area contributed by atoms with Gasteiger partial charge in [0.2, 0.25) is 0 Å². The lowest BCUT2D eigenvalue weighted by atomic mass is 9.96. The molecule has 0 saturated carbocycles. The van der Waals surface area contributed by atoms with E-state index in [0.717, 1.165) is 4.90 Å². The number of carbonyl (C=O) groups is 3. The molecule has 2 aromatic carbocycles. The average molecular weight is 431 g/mol. The van der Waals surface area contributed by atoms with E-state index in [1.807, 2.05) is 0 Å². The number of aliphatic hydroxyl groups is 2. The van der Waals surface area contributed by atoms with Gasteiger partial charge in [-0.2, -0.15) is 0 Å². The van der Waals surface area contributed by atoms with Crippen LogP contribution in [0.15, 0.2) is 48.5 Å². The molecule has 0 radical (unpaired) electrons. The van der Waals surface area contributed by atoms with E-state index in [0.29, 0.717) is 0 Å². The van der Waals surface area contributed by atoms with E-state index in [1.54, 1.807) is 42.5 Å². The van der Waals surface area contributed by atoms with Crippen LogP contribution in [-0.2, 0) is 4.74 Å². The summed E-state index contributed by atoms with van der Waals surface area (Å²) >= 11 is 6.00. The number of ether oxygens (including phenoxy) is 1. The Kier molecular flexibility index (Phi) is 5.33. The molecule has 4 rings (SSSR count). The summed E-state index contributed by atoms with van der Waals surface area (Å²) in [4.78, 5) is 38.3. The number of nitrogens with one attached hydrogen (secondary N) is 1. The minimum atomic E-state index is -1.78. The van der Waals surface area contributed by atoms with Gasteiger partial charge in [0.05, 0.1) is 41.4 Å². The predicted octanol–water partition coefficient (Wildman–Crippen LogP) is 0.857. The summed E-state index contributed by atoms with van der Waals surface area (Å²) < 4.78 is 5.48. The molecule has 2 aliphatic rings. The lowest BCUT2D eigenvalue weighted by molar-refractivity contribution is -0.0484. The Balaban J connectivity index is 1.41. The Hall–Kier alpha value is -2.78. The lowest BCUT2D eigenvalue weighted by Gasteiger charge is -2.27. The zero-order chi connectivity index (χ0) is 21.5. The molecule has 0 aromatic heterocycles. The van der Waals surface area contributed by atoms with Crippen LogP contribution in [0.4, 0.5) is 0 Å². The third-order valence-electron chi connectivity index (χ3n) is 5.36. The van der Waals surface area contributed by atoms with Crippen molar-refractivity contribution in [1.82, 2.24) is 10.2 Å². The first-order valence-corrected chi connectivity index (χ1v) is 9.69. The Morgan fingerprint density at radius 3 is 2.37 bits per heavy atom. The van der Waals surface area contributed by atoms with Gasteiger partial charge >= 0.3 is 0 Å². The maximum Gasteiger partial charge on any atom is 0.261 e. The summed E-state index contributed by atoms with van der Waals surface area (Å²) in [5, 5.41) is 24.2. The van der Waals surface area contributed by atoms with E-state index in [1.165, 1.54) is 6.07 Å². The number of imide groups is 1. The highest BCUT2D eigenvalue weighted by Gasteiger charge is 2.50. The Bertz CT molecular complexity index is 993. The Morgan fingerprint density at radius 1 is 1.13 bits per heavy atom. The van der Waals surface area contributed by atoms with Crippen molar-refractivity contribution < 1.29 is 29.3 Å². The molecule has 0 unspecified atom stereocenters. The summed E-state index contributed by atoms with van der Waals surface area (Å²) in [5.74, 6) is -1.47. The van der Waals surface area contributed by atoms with Crippen LogP contribution in [0.25, 0.3) is 0 Å². The minimum absolute atomic E-state index is 0.214. The summed E-state index contributed by atoms with van der Waals surface area (Å²) in [6.07, 6.45) is -2.41. The van der Waals surface area contributed by atoms with Crippen LogP contribution >= 0.6 is 11.6 Å². The Labute approximate surface area is 177 Å². The van der Waals surface area contributed by atoms with Gasteiger partial charge in [0.15, 0.2) is 0 Å². The molecule has 1 fully saturated rings. The maximum absolute atomic E-state index is 12.5. The van der Waals surface area contributed by atoms with Gasteiger partial charge < -0.3 is 20.3 Å². The minimum Gasteiger partial charge on any atom is -0.387 e. The largest absolute Gasteiger partial charge is 0.387 e. The monoisotopic (exact) mass is 430 g/mol. The summed E-state index contributed by atoms with van der Waals surface area (Å²) in [5.41, 5.74) is -0.964. The smallest absolute Gasteiger partial charge is 0.261 e. The highest BCUT2D eigenvalue weighted by atomic mass is 35.5. The first kappa shape index (κ1) is 20.5. The molecule has 156 valence electrons.